The van der Waals surface area contributed by atoms with Gasteiger partial charge in [-0.1, -0.05) is 29.8 Å². The summed E-state index contributed by atoms with van der Waals surface area (Å²) in [4.78, 5) is 39.1. The molecule has 1 aliphatic heterocycles. The number of ether oxygens (including phenoxy) is 1. The van der Waals surface area contributed by atoms with Crippen molar-refractivity contribution in [3.8, 4) is 5.75 Å². The van der Waals surface area contributed by atoms with Crippen LogP contribution >= 0.6 is 0 Å². The minimum Gasteiger partial charge on any atom is -0.491 e. The molecule has 0 radical (unpaired) electrons. The average molecular weight is 532 g/mol. The van der Waals surface area contributed by atoms with Gasteiger partial charge in [0.2, 0.25) is 5.91 Å². The zero-order chi connectivity index (χ0) is 27.9. The lowest BCUT2D eigenvalue weighted by atomic mass is 9.89. The van der Waals surface area contributed by atoms with Crippen LogP contribution in [-0.2, 0) is 4.79 Å². The summed E-state index contributed by atoms with van der Waals surface area (Å²) < 4.78 is 20.1. The standard InChI is InChI=1S/C31H34FN3O4/c1-20(2)39-26-12-13-27(28(32)18-26)31(38)35-16-14-23(15-17-35)22-8-10-25(11-9-22)34-29(36)19-33-30(37)24-6-4-21(3)5-7-24/h4-13,18,20,23H,14-17,19H2,1-3H3,(H,33,37)(H,34,36). The Morgan fingerprint density at radius 3 is 2.26 bits per heavy atom. The van der Waals surface area contributed by atoms with E-state index in [1.165, 1.54) is 12.1 Å². The Kier molecular flexibility index (Phi) is 8.96. The molecule has 0 aromatic heterocycles. The van der Waals surface area contributed by atoms with Gasteiger partial charge in [0.1, 0.15) is 11.6 Å². The van der Waals surface area contributed by atoms with E-state index in [9.17, 15) is 18.8 Å². The summed E-state index contributed by atoms with van der Waals surface area (Å²) in [7, 11) is 0. The molecule has 1 fully saturated rings. The smallest absolute Gasteiger partial charge is 0.256 e. The number of carbonyl (C=O) groups excluding carboxylic acids is 3. The Hall–Kier alpha value is -4.20. The number of likely N-dealkylation sites (tertiary alicyclic amines) is 1. The van der Waals surface area contributed by atoms with E-state index in [1.54, 1.807) is 23.1 Å². The van der Waals surface area contributed by atoms with E-state index >= 15 is 0 Å². The van der Waals surface area contributed by atoms with E-state index in [1.807, 2.05) is 57.2 Å². The van der Waals surface area contributed by atoms with Gasteiger partial charge in [-0.2, -0.15) is 0 Å². The number of rotatable bonds is 8. The van der Waals surface area contributed by atoms with Gasteiger partial charge in [-0.3, -0.25) is 14.4 Å². The summed E-state index contributed by atoms with van der Waals surface area (Å²) in [5, 5.41) is 5.42. The predicted molar refractivity (Wildman–Crippen MR) is 149 cm³/mol. The second-order valence-corrected chi connectivity index (χ2v) is 10.1. The Labute approximate surface area is 228 Å². The normalized spacial score (nSPS) is 13.7. The number of anilines is 1. The van der Waals surface area contributed by atoms with Crippen molar-refractivity contribution in [2.24, 2.45) is 0 Å². The molecule has 3 aromatic rings. The van der Waals surface area contributed by atoms with Crippen LogP contribution < -0.4 is 15.4 Å². The van der Waals surface area contributed by atoms with E-state index in [0.717, 1.165) is 24.0 Å². The van der Waals surface area contributed by atoms with Gasteiger partial charge in [0.15, 0.2) is 0 Å². The lowest BCUT2D eigenvalue weighted by molar-refractivity contribution is -0.115. The van der Waals surface area contributed by atoms with Gasteiger partial charge in [-0.25, -0.2) is 4.39 Å². The van der Waals surface area contributed by atoms with Crippen LogP contribution in [0.2, 0.25) is 0 Å². The second kappa shape index (κ2) is 12.6. The molecule has 0 bridgehead atoms. The van der Waals surface area contributed by atoms with Crippen LogP contribution in [0.3, 0.4) is 0 Å². The van der Waals surface area contributed by atoms with Crippen LogP contribution in [0, 0.1) is 12.7 Å². The molecule has 8 heteroatoms. The zero-order valence-electron chi connectivity index (χ0n) is 22.5. The van der Waals surface area contributed by atoms with E-state index in [4.69, 9.17) is 4.74 Å². The van der Waals surface area contributed by atoms with Gasteiger partial charge >= 0.3 is 0 Å². The first kappa shape index (κ1) is 27.8. The minimum absolute atomic E-state index is 0.0553. The number of piperidine rings is 1. The molecule has 0 saturated carbocycles. The Morgan fingerprint density at radius 1 is 0.974 bits per heavy atom. The lowest BCUT2D eigenvalue weighted by Gasteiger charge is -2.32. The van der Waals surface area contributed by atoms with Crippen molar-refractivity contribution in [3.63, 3.8) is 0 Å². The number of amides is 3. The summed E-state index contributed by atoms with van der Waals surface area (Å²) in [5.74, 6) is -0.831. The fraction of sp³-hybridized carbons (Fsp3) is 0.323. The van der Waals surface area contributed by atoms with Gasteiger partial charge in [0.05, 0.1) is 18.2 Å². The second-order valence-electron chi connectivity index (χ2n) is 10.1. The fourth-order valence-corrected chi connectivity index (χ4v) is 4.61. The summed E-state index contributed by atoms with van der Waals surface area (Å²) in [6.45, 7) is 6.60. The number of hydrogen-bond acceptors (Lipinski definition) is 4. The number of carbonyl (C=O) groups is 3. The molecule has 0 spiro atoms. The molecule has 4 rings (SSSR count). The molecular formula is C31H34FN3O4. The first-order chi connectivity index (χ1) is 18.7. The van der Waals surface area contributed by atoms with Crippen LogP contribution in [0.15, 0.2) is 66.7 Å². The topological polar surface area (TPSA) is 87.7 Å². The van der Waals surface area contributed by atoms with Crippen molar-refractivity contribution in [2.75, 3.05) is 25.0 Å². The summed E-state index contributed by atoms with van der Waals surface area (Å²) in [6, 6.07) is 19.1. The molecular weight excluding hydrogens is 497 g/mol. The van der Waals surface area contributed by atoms with Crippen molar-refractivity contribution in [1.29, 1.82) is 0 Å². The monoisotopic (exact) mass is 531 g/mol. The third-order valence-electron chi connectivity index (χ3n) is 6.71. The van der Waals surface area contributed by atoms with Crippen LogP contribution in [0.4, 0.5) is 10.1 Å². The maximum atomic E-state index is 14.6. The highest BCUT2D eigenvalue weighted by Crippen LogP contribution is 2.30. The molecule has 3 amide bonds. The molecule has 0 unspecified atom stereocenters. The largest absolute Gasteiger partial charge is 0.491 e. The number of nitrogens with one attached hydrogen (secondary N) is 2. The molecule has 3 aromatic carbocycles. The lowest BCUT2D eigenvalue weighted by Crippen LogP contribution is -2.38. The van der Waals surface area contributed by atoms with Crippen LogP contribution in [-0.4, -0.2) is 48.4 Å². The number of hydrogen-bond donors (Lipinski definition) is 2. The minimum atomic E-state index is -0.576. The first-order valence-corrected chi connectivity index (χ1v) is 13.2. The summed E-state index contributed by atoms with van der Waals surface area (Å²) in [5.41, 5.74) is 3.38. The van der Waals surface area contributed by atoms with Crippen LogP contribution in [0.1, 0.15) is 64.4 Å². The predicted octanol–water partition coefficient (Wildman–Crippen LogP) is 5.31. The van der Waals surface area contributed by atoms with Crippen molar-refractivity contribution in [1.82, 2.24) is 10.2 Å². The molecule has 1 saturated heterocycles. The van der Waals surface area contributed by atoms with E-state index in [0.29, 0.717) is 30.1 Å². The summed E-state index contributed by atoms with van der Waals surface area (Å²) >= 11 is 0. The maximum Gasteiger partial charge on any atom is 0.256 e. The van der Waals surface area contributed by atoms with E-state index in [-0.39, 0.29) is 41.9 Å². The zero-order valence-corrected chi connectivity index (χ0v) is 22.5. The van der Waals surface area contributed by atoms with Crippen LogP contribution in [0.25, 0.3) is 0 Å². The highest BCUT2D eigenvalue weighted by molar-refractivity contribution is 5.99. The highest BCUT2D eigenvalue weighted by atomic mass is 19.1. The number of benzene rings is 3. The van der Waals surface area contributed by atoms with Crippen molar-refractivity contribution < 1.29 is 23.5 Å². The maximum absolute atomic E-state index is 14.6. The van der Waals surface area contributed by atoms with E-state index in [2.05, 4.69) is 10.6 Å². The third kappa shape index (κ3) is 7.44. The van der Waals surface area contributed by atoms with Gasteiger partial charge < -0.3 is 20.3 Å². The molecule has 39 heavy (non-hydrogen) atoms. The van der Waals surface area contributed by atoms with Crippen LogP contribution in [0.5, 0.6) is 5.75 Å². The number of aryl methyl sites for hydroxylation is 1. The number of halogens is 1. The first-order valence-electron chi connectivity index (χ1n) is 13.2. The van der Waals surface area contributed by atoms with Crippen molar-refractivity contribution in [3.05, 3.63) is 94.8 Å². The third-order valence-corrected chi connectivity index (χ3v) is 6.71. The molecule has 7 nitrogen and oxygen atoms in total. The van der Waals surface area contributed by atoms with Crippen molar-refractivity contribution in [2.45, 2.75) is 45.6 Å². The molecule has 0 aliphatic carbocycles. The Balaban J connectivity index is 1.25. The van der Waals surface area contributed by atoms with Crippen molar-refractivity contribution >= 4 is 23.4 Å². The van der Waals surface area contributed by atoms with E-state index < -0.39 is 5.82 Å². The van der Waals surface area contributed by atoms with Gasteiger partial charge in [0, 0.05) is 30.4 Å². The molecule has 1 heterocycles. The SMILES string of the molecule is Cc1ccc(C(=O)NCC(=O)Nc2ccc(C3CCN(C(=O)c4ccc(OC(C)C)cc4F)CC3)cc2)cc1. The fourth-order valence-electron chi connectivity index (χ4n) is 4.61. The van der Waals surface area contributed by atoms with Gasteiger partial charge in [0.25, 0.3) is 11.8 Å². The highest BCUT2D eigenvalue weighted by Gasteiger charge is 2.26. The molecule has 2 N–H and O–H groups in total. The van der Waals surface area contributed by atoms with Gasteiger partial charge in [-0.15, -0.1) is 0 Å². The quantitative estimate of drug-likeness (QED) is 0.413. The molecule has 204 valence electrons. The van der Waals surface area contributed by atoms with Gasteiger partial charge in [-0.05, 0) is 81.5 Å². The summed E-state index contributed by atoms with van der Waals surface area (Å²) in [6.07, 6.45) is 1.45. The number of nitrogens with zero attached hydrogens (tertiary/aromatic N) is 1. The Morgan fingerprint density at radius 2 is 1.64 bits per heavy atom. The molecule has 1 aliphatic rings. The Bertz CT molecular complexity index is 1310. The average Bonchev–Trinajstić information content (AvgIpc) is 2.92. The molecule has 0 atom stereocenters.